The van der Waals surface area contributed by atoms with Crippen molar-refractivity contribution < 1.29 is 9.84 Å². The maximum atomic E-state index is 9.78. The second kappa shape index (κ2) is 7.53. The third-order valence-electron chi connectivity index (χ3n) is 2.99. The number of rotatable bonds is 7. The summed E-state index contributed by atoms with van der Waals surface area (Å²) in [5, 5.41) is 10.4. The van der Waals surface area contributed by atoms with Gasteiger partial charge in [0.1, 0.15) is 0 Å². The highest BCUT2D eigenvalue weighted by molar-refractivity contribution is 7.99. The summed E-state index contributed by atoms with van der Waals surface area (Å²) in [5.41, 5.74) is 0. The fourth-order valence-corrected chi connectivity index (χ4v) is 2.68. The lowest BCUT2D eigenvalue weighted by molar-refractivity contribution is 0.0861. The molecule has 0 aromatic carbocycles. The molecule has 1 fully saturated rings. The molecular formula is C12H24O2S. The van der Waals surface area contributed by atoms with Crippen molar-refractivity contribution in [3.8, 4) is 0 Å². The van der Waals surface area contributed by atoms with Gasteiger partial charge < -0.3 is 9.84 Å². The van der Waals surface area contributed by atoms with Gasteiger partial charge in [-0.3, -0.25) is 0 Å². The third-order valence-corrected chi connectivity index (χ3v) is 4.47. The quantitative estimate of drug-likeness (QED) is 0.732. The summed E-state index contributed by atoms with van der Waals surface area (Å²) in [6.45, 7) is 5.33. The minimum Gasteiger partial charge on any atom is -0.392 e. The zero-order valence-electron chi connectivity index (χ0n) is 9.95. The molecule has 15 heavy (non-hydrogen) atoms. The highest BCUT2D eigenvalue weighted by Crippen LogP contribution is 2.20. The van der Waals surface area contributed by atoms with E-state index in [-0.39, 0.29) is 6.10 Å². The lowest BCUT2D eigenvalue weighted by Crippen LogP contribution is -2.16. The Kier molecular flexibility index (Phi) is 6.69. The zero-order valence-corrected chi connectivity index (χ0v) is 10.8. The maximum absolute atomic E-state index is 9.78. The second-order valence-electron chi connectivity index (χ2n) is 4.42. The lowest BCUT2D eigenvalue weighted by atomic mass is 10.1. The number of aliphatic hydroxyl groups excluding tert-OH is 1. The van der Waals surface area contributed by atoms with Crippen LogP contribution in [0.4, 0.5) is 0 Å². The van der Waals surface area contributed by atoms with E-state index in [0.29, 0.717) is 11.4 Å². The molecule has 0 spiro atoms. The average Bonchev–Trinajstić information content (AvgIpc) is 2.75. The number of ether oxygens (including phenoxy) is 1. The van der Waals surface area contributed by atoms with Crippen molar-refractivity contribution in [1.82, 2.24) is 0 Å². The van der Waals surface area contributed by atoms with Crippen LogP contribution in [-0.4, -0.2) is 34.9 Å². The van der Waals surface area contributed by atoms with E-state index in [0.717, 1.165) is 25.2 Å². The van der Waals surface area contributed by atoms with Gasteiger partial charge in [-0.1, -0.05) is 13.8 Å². The monoisotopic (exact) mass is 232 g/mol. The van der Waals surface area contributed by atoms with Crippen LogP contribution in [0.2, 0.25) is 0 Å². The molecule has 3 unspecified atom stereocenters. The van der Waals surface area contributed by atoms with E-state index in [9.17, 15) is 5.11 Å². The molecule has 1 aliphatic heterocycles. The van der Waals surface area contributed by atoms with Gasteiger partial charge in [-0.15, -0.1) is 0 Å². The minimum absolute atomic E-state index is 0.145. The van der Waals surface area contributed by atoms with Gasteiger partial charge in [0.05, 0.1) is 12.2 Å². The second-order valence-corrected chi connectivity index (χ2v) is 5.89. The number of thioether (sulfide) groups is 1. The highest BCUT2D eigenvalue weighted by Gasteiger charge is 2.17. The first kappa shape index (κ1) is 13.3. The molecule has 1 aliphatic rings. The van der Waals surface area contributed by atoms with E-state index in [4.69, 9.17) is 4.74 Å². The van der Waals surface area contributed by atoms with Gasteiger partial charge in [-0.2, -0.15) is 11.8 Å². The molecule has 90 valence electrons. The van der Waals surface area contributed by atoms with Crippen LogP contribution < -0.4 is 0 Å². The Balaban J connectivity index is 1.99. The smallest absolute Gasteiger partial charge is 0.0631 e. The summed E-state index contributed by atoms with van der Waals surface area (Å²) in [4.78, 5) is 0. The maximum Gasteiger partial charge on any atom is 0.0631 e. The van der Waals surface area contributed by atoms with Gasteiger partial charge in [0.25, 0.3) is 0 Å². The molecule has 1 rings (SSSR count). The predicted molar refractivity (Wildman–Crippen MR) is 66.4 cm³/mol. The Morgan fingerprint density at radius 3 is 2.93 bits per heavy atom. The molecule has 0 radical (unpaired) electrons. The molecule has 0 saturated carbocycles. The summed E-state index contributed by atoms with van der Waals surface area (Å²) in [7, 11) is 0. The summed E-state index contributed by atoms with van der Waals surface area (Å²) >= 11 is 1.88. The summed E-state index contributed by atoms with van der Waals surface area (Å²) < 4.78 is 5.53. The van der Waals surface area contributed by atoms with Gasteiger partial charge in [0.2, 0.25) is 0 Å². The third kappa shape index (κ3) is 5.79. The number of hydrogen-bond donors (Lipinski definition) is 1. The standard InChI is InChI=1S/C12H24O2S/c1-3-10(2)15-9-11(13)6-7-12-5-4-8-14-12/h10-13H,3-9H2,1-2H3. The van der Waals surface area contributed by atoms with Crippen LogP contribution in [0.25, 0.3) is 0 Å². The molecule has 0 aliphatic carbocycles. The minimum atomic E-state index is -0.145. The first-order valence-corrected chi connectivity index (χ1v) is 7.18. The highest BCUT2D eigenvalue weighted by atomic mass is 32.2. The fraction of sp³-hybridized carbons (Fsp3) is 1.00. The van der Waals surface area contributed by atoms with Crippen molar-refractivity contribution in [2.45, 2.75) is 63.4 Å². The predicted octanol–water partition coefficient (Wildman–Crippen LogP) is 2.84. The van der Waals surface area contributed by atoms with Crippen LogP contribution >= 0.6 is 11.8 Å². The molecule has 3 heteroatoms. The Morgan fingerprint density at radius 2 is 2.33 bits per heavy atom. The summed E-state index contributed by atoms with van der Waals surface area (Å²) in [5.74, 6) is 0.877. The van der Waals surface area contributed by atoms with E-state index < -0.39 is 0 Å². The van der Waals surface area contributed by atoms with Crippen LogP contribution in [0.15, 0.2) is 0 Å². The first-order chi connectivity index (χ1) is 7.22. The largest absolute Gasteiger partial charge is 0.392 e. The van der Waals surface area contributed by atoms with Crippen LogP contribution in [0.3, 0.4) is 0 Å². The molecular weight excluding hydrogens is 208 g/mol. The Labute approximate surface area is 97.8 Å². The van der Waals surface area contributed by atoms with Crippen molar-refractivity contribution in [1.29, 1.82) is 0 Å². The van der Waals surface area contributed by atoms with Crippen LogP contribution in [0, 0.1) is 0 Å². The molecule has 0 amide bonds. The van der Waals surface area contributed by atoms with Crippen molar-refractivity contribution in [2.24, 2.45) is 0 Å². The molecule has 1 heterocycles. The average molecular weight is 232 g/mol. The van der Waals surface area contributed by atoms with Gasteiger partial charge >= 0.3 is 0 Å². The summed E-state index contributed by atoms with van der Waals surface area (Å²) in [6, 6.07) is 0. The number of aliphatic hydroxyl groups is 1. The molecule has 1 saturated heterocycles. The van der Waals surface area contributed by atoms with E-state index in [2.05, 4.69) is 13.8 Å². The first-order valence-electron chi connectivity index (χ1n) is 6.13. The fourth-order valence-electron chi connectivity index (χ4n) is 1.73. The molecule has 3 atom stereocenters. The lowest BCUT2D eigenvalue weighted by Gasteiger charge is -2.15. The molecule has 1 N–H and O–H groups in total. The molecule has 0 aromatic heterocycles. The van der Waals surface area contributed by atoms with Gasteiger partial charge in [-0.05, 0) is 32.1 Å². The van der Waals surface area contributed by atoms with E-state index in [1.165, 1.54) is 19.3 Å². The van der Waals surface area contributed by atoms with Crippen molar-refractivity contribution in [3.05, 3.63) is 0 Å². The van der Waals surface area contributed by atoms with Gasteiger partial charge in [-0.25, -0.2) is 0 Å². The zero-order chi connectivity index (χ0) is 11.1. The van der Waals surface area contributed by atoms with Crippen molar-refractivity contribution in [2.75, 3.05) is 12.4 Å². The van der Waals surface area contributed by atoms with E-state index in [1.807, 2.05) is 11.8 Å². The molecule has 0 aromatic rings. The van der Waals surface area contributed by atoms with E-state index >= 15 is 0 Å². The SMILES string of the molecule is CCC(C)SCC(O)CCC1CCCO1. The molecule has 0 bridgehead atoms. The van der Waals surface area contributed by atoms with Crippen LogP contribution in [-0.2, 0) is 4.74 Å². The van der Waals surface area contributed by atoms with E-state index in [1.54, 1.807) is 0 Å². The normalized spacial score (nSPS) is 25.4. The topological polar surface area (TPSA) is 29.5 Å². The van der Waals surface area contributed by atoms with Crippen molar-refractivity contribution >= 4 is 11.8 Å². The van der Waals surface area contributed by atoms with Crippen LogP contribution in [0.5, 0.6) is 0 Å². The Morgan fingerprint density at radius 1 is 1.53 bits per heavy atom. The summed E-state index contributed by atoms with van der Waals surface area (Å²) in [6.07, 6.45) is 5.77. The molecule has 2 nitrogen and oxygen atoms in total. The van der Waals surface area contributed by atoms with Crippen molar-refractivity contribution in [3.63, 3.8) is 0 Å². The van der Waals surface area contributed by atoms with Gasteiger partial charge in [0, 0.05) is 17.6 Å². The van der Waals surface area contributed by atoms with Gasteiger partial charge in [0.15, 0.2) is 0 Å². The Bertz CT molecular complexity index is 158. The van der Waals surface area contributed by atoms with Crippen LogP contribution in [0.1, 0.15) is 46.0 Å². The number of hydrogen-bond acceptors (Lipinski definition) is 3. The Hall–Kier alpha value is 0.270.